The lowest BCUT2D eigenvalue weighted by Gasteiger charge is -2.16. The summed E-state index contributed by atoms with van der Waals surface area (Å²) in [7, 11) is 0. The molecule has 12 heteroatoms. The van der Waals surface area contributed by atoms with Crippen molar-refractivity contribution < 1.29 is 22.4 Å². The summed E-state index contributed by atoms with van der Waals surface area (Å²) in [5.74, 6) is -2.61. The molecule has 0 aliphatic rings. The Labute approximate surface area is 161 Å². The number of nitrogens with one attached hydrogen (secondary N) is 2. The number of alkyl halides is 3. The monoisotopic (exact) mass is 409 g/mol. The number of halogens is 4. The van der Waals surface area contributed by atoms with E-state index < -0.39 is 29.2 Å². The van der Waals surface area contributed by atoms with Gasteiger partial charge in [0.25, 0.3) is 5.91 Å². The summed E-state index contributed by atoms with van der Waals surface area (Å²) < 4.78 is 55.5. The van der Waals surface area contributed by atoms with Crippen LogP contribution in [0, 0.1) is 5.82 Å². The molecule has 0 atom stereocenters. The Kier molecular flexibility index (Phi) is 5.35. The van der Waals surface area contributed by atoms with Crippen LogP contribution in [0.4, 0.5) is 40.7 Å². The maximum Gasteiger partial charge on any atom is 0.418 e. The van der Waals surface area contributed by atoms with Gasteiger partial charge in [0.2, 0.25) is 5.95 Å². The molecule has 0 spiro atoms. The summed E-state index contributed by atoms with van der Waals surface area (Å²) in [6.07, 6.45) is -0.670. The molecule has 3 rings (SSSR count). The number of aromatic nitrogens is 4. The molecule has 0 saturated carbocycles. The quantitative estimate of drug-likeness (QED) is 0.538. The minimum Gasteiger partial charge on any atom is -0.365 e. The Hall–Kier alpha value is -3.70. The standard InChI is InChI=1S/C17H15F4N7O/c1-2-28-8-9(6-24-28)25-16-23-7-10(14(22)29)15(27-16)26-13-11(17(19,20)21)4-3-5-12(13)18/h3-8H,2H2,1H3,(H2,22,29)(H2,23,25,26,27). The smallest absolute Gasteiger partial charge is 0.365 e. The number of nitrogens with two attached hydrogens (primary N) is 1. The zero-order valence-electron chi connectivity index (χ0n) is 15.0. The summed E-state index contributed by atoms with van der Waals surface area (Å²) in [4.78, 5) is 19.5. The van der Waals surface area contributed by atoms with Gasteiger partial charge in [0, 0.05) is 18.9 Å². The lowest BCUT2D eigenvalue weighted by molar-refractivity contribution is -0.137. The van der Waals surface area contributed by atoms with Crippen LogP contribution < -0.4 is 16.4 Å². The molecule has 0 aliphatic heterocycles. The summed E-state index contributed by atoms with van der Waals surface area (Å²) in [5.41, 5.74) is 3.30. The summed E-state index contributed by atoms with van der Waals surface area (Å²) in [6.45, 7) is 2.49. The first kappa shape index (κ1) is 20.0. The number of carbonyl (C=O) groups excluding carboxylic acids is 1. The van der Waals surface area contributed by atoms with Gasteiger partial charge >= 0.3 is 6.18 Å². The van der Waals surface area contributed by atoms with Crippen LogP contribution in [-0.4, -0.2) is 25.7 Å². The molecule has 1 aromatic carbocycles. The predicted molar refractivity (Wildman–Crippen MR) is 96.4 cm³/mol. The SMILES string of the molecule is CCn1cc(Nc2ncc(C(N)=O)c(Nc3c(F)cccc3C(F)(F)F)n2)cn1. The number of benzene rings is 1. The molecule has 152 valence electrons. The summed E-state index contributed by atoms with van der Waals surface area (Å²) in [5, 5.41) is 9.08. The number of nitrogens with zero attached hydrogens (tertiary/aromatic N) is 4. The van der Waals surface area contributed by atoms with E-state index in [1.54, 1.807) is 10.9 Å². The van der Waals surface area contributed by atoms with Gasteiger partial charge in [-0.2, -0.15) is 23.3 Å². The van der Waals surface area contributed by atoms with E-state index in [-0.39, 0.29) is 17.3 Å². The van der Waals surface area contributed by atoms with E-state index in [9.17, 15) is 22.4 Å². The highest BCUT2D eigenvalue weighted by atomic mass is 19.4. The normalized spacial score (nSPS) is 11.3. The van der Waals surface area contributed by atoms with Crippen molar-refractivity contribution in [1.29, 1.82) is 0 Å². The minimum absolute atomic E-state index is 0.0574. The van der Waals surface area contributed by atoms with E-state index in [1.165, 1.54) is 6.20 Å². The van der Waals surface area contributed by atoms with Crippen LogP contribution in [0.15, 0.2) is 36.8 Å². The third-order valence-corrected chi connectivity index (χ3v) is 3.83. The molecule has 0 unspecified atom stereocenters. The molecule has 2 heterocycles. The fourth-order valence-electron chi connectivity index (χ4n) is 2.45. The van der Waals surface area contributed by atoms with Gasteiger partial charge < -0.3 is 16.4 Å². The third-order valence-electron chi connectivity index (χ3n) is 3.83. The lowest BCUT2D eigenvalue weighted by atomic mass is 10.1. The van der Waals surface area contributed by atoms with E-state index >= 15 is 0 Å². The van der Waals surface area contributed by atoms with Crippen LogP contribution in [0.5, 0.6) is 0 Å². The number of hydrogen-bond acceptors (Lipinski definition) is 6. The van der Waals surface area contributed by atoms with Gasteiger partial charge in [-0.05, 0) is 19.1 Å². The topological polar surface area (TPSA) is 111 Å². The van der Waals surface area contributed by atoms with Gasteiger partial charge in [0.15, 0.2) is 0 Å². The Morgan fingerprint density at radius 2 is 2.00 bits per heavy atom. The van der Waals surface area contributed by atoms with Crippen LogP contribution in [0.2, 0.25) is 0 Å². The second-order valence-electron chi connectivity index (χ2n) is 5.82. The van der Waals surface area contributed by atoms with Gasteiger partial charge in [-0.3, -0.25) is 9.48 Å². The van der Waals surface area contributed by atoms with Crippen molar-refractivity contribution in [3.63, 3.8) is 0 Å². The Bertz CT molecular complexity index is 1050. The Morgan fingerprint density at radius 1 is 1.24 bits per heavy atom. The number of rotatable bonds is 6. The molecule has 4 N–H and O–H groups in total. The van der Waals surface area contributed by atoms with Crippen LogP contribution in [-0.2, 0) is 12.7 Å². The summed E-state index contributed by atoms with van der Waals surface area (Å²) in [6, 6.07) is 2.48. The fraction of sp³-hybridized carbons (Fsp3) is 0.176. The first-order valence-electron chi connectivity index (χ1n) is 8.28. The molecule has 8 nitrogen and oxygen atoms in total. The lowest BCUT2D eigenvalue weighted by Crippen LogP contribution is -2.17. The van der Waals surface area contributed by atoms with Gasteiger partial charge in [-0.25, -0.2) is 9.37 Å². The van der Waals surface area contributed by atoms with Crippen molar-refractivity contribution in [3.05, 3.63) is 53.7 Å². The van der Waals surface area contributed by atoms with E-state index in [4.69, 9.17) is 5.73 Å². The van der Waals surface area contributed by atoms with Crippen molar-refractivity contribution in [1.82, 2.24) is 19.7 Å². The highest BCUT2D eigenvalue weighted by molar-refractivity contribution is 5.98. The number of para-hydroxylation sites is 1. The maximum absolute atomic E-state index is 14.1. The number of carbonyl (C=O) groups is 1. The van der Waals surface area contributed by atoms with Gasteiger partial charge in [-0.15, -0.1) is 0 Å². The molecular formula is C17H15F4N7O. The van der Waals surface area contributed by atoms with Crippen molar-refractivity contribution in [2.45, 2.75) is 19.6 Å². The van der Waals surface area contributed by atoms with Gasteiger partial charge in [0.05, 0.1) is 23.1 Å². The zero-order valence-corrected chi connectivity index (χ0v) is 15.0. The molecule has 2 aromatic heterocycles. The maximum atomic E-state index is 14.1. The molecule has 0 radical (unpaired) electrons. The van der Waals surface area contributed by atoms with E-state index in [0.717, 1.165) is 18.3 Å². The van der Waals surface area contributed by atoms with Crippen LogP contribution in [0.3, 0.4) is 0 Å². The van der Waals surface area contributed by atoms with Crippen molar-refractivity contribution >= 4 is 29.0 Å². The zero-order chi connectivity index (χ0) is 21.2. The molecule has 0 aliphatic carbocycles. The van der Waals surface area contributed by atoms with Gasteiger partial charge in [0.1, 0.15) is 17.2 Å². The number of aryl methyl sites for hydroxylation is 1. The molecule has 0 bridgehead atoms. The van der Waals surface area contributed by atoms with Crippen LogP contribution in [0.25, 0.3) is 0 Å². The largest absolute Gasteiger partial charge is 0.418 e. The third kappa shape index (κ3) is 4.42. The van der Waals surface area contributed by atoms with Crippen molar-refractivity contribution in [2.75, 3.05) is 10.6 Å². The second-order valence-corrected chi connectivity index (χ2v) is 5.82. The molecule has 0 saturated heterocycles. The second kappa shape index (κ2) is 7.73. The Balaban J connectivity index is 2.01. The first-order chi connectivity index (χ1) is 13.7. The van der Waals surface area contributed by atoms with E-state index in [1.807, 2.05) is 6.92 Å². The minimum atomic E-state index is -4.83. The molecule has 0 fully saturated rings. The average Bonchev–Trinajstić information content (AvgIpc) is 3.10. The highest BCUT2D eigenvalue weighted by Gasteiger charge is 2.35. The van der Waals surface area contributed by atoms with E-state index in [2.05, 4.69) is 25.7 Å². The molecule has 29 heavy (non-hydrogen) atoms. The Morgan fingerprint density at radius 3 is 2.62 bits per heavy atom. The average molecular weight is 409 g/mol. The van der Waals surface area contributed by atoms with Crippen LogP contribution >= 0.6 is 0 Å². The van der Waals surface area contributed by atoms with Crippen molar-refractivity contribution in [3.8, 4) is 0 Å². The number of primary amides is 1. The number of hydrogen-bond donors (Lipinski definition) is 3. The fourth-order valence-corrected chi connectivity index (χ4v) is 2.45. The van der Waals surface area contributed by atoms with Crippen molar-refractivity contribution in [2.24, 2.45) is 5.73 Å². The molecular weight excluding hydrogens is 394 g/mol. The van der Waals surface area contributed by atoms with E-state index in [0.29, 0.717) is 18.3 Å². The highest BCUT2D eigenvalue weighted by Crippen LogP contribution is 2.37. The molecule has 3 aromatic rings. The first-order valence-corrected chi connectivity index (χ1v) is 8.28. The summed E-state index contributed by atoms with van der Waals surface area (Å²) >= 11 is 0. The molecule has 1 amide bonds. The van der Waals surface area contributed by atoms with Crippen LogP contribution in [0.1, 0.15) is 22.8 Å². The predicted octanol–water partition coefficient (Wildman–Crippen LogP) is 3.44. The van der Waals surface area contributed by atoms with Gasteiger partial charge in [-0.1, -0.05) is 6.07 Å². The number of anilines is 4. The number of amides is 1.